The zero-order valence-corrected chi connectivity index (χ0v) is 38.9. The number of unbranched alkanes of at least 4 members (excludes halogenated alkanes) is 32. The molecule has 0 spiro atoms. The molecular formula is C49H93O8P. The van der Waals surface area contributed by atoms with E-state index in [1.807, 2.05) is 0 Å². The van der Waals surface area contributed by atoms with Crippen molar-refractivity contribution in [2.75, 3.05) is 13.2 Å². The largest absolute Gasteiger partial charge is 0.469 e. The monoisotopic (exact) mass is 841 g/mol. The smallest absolute Gasteiger partial charge is 0.462 e. The second kappa shape index (κ2) is 45.1. The summed E-state index contributed by atoms with van der Waals surface area (Å²) in [4.78, 5) is 43.0. The van der Waals surface area contributed by atoms with Gasteiger partial charge in [-0.15, -0.1) is 0 Å². The fourth-order valence-electron chi connectivity index (χ4n) is 7.29. The molecule has 0 aliphatic rings. The van der Waals surface area contributed by atoms with Crippen LogP contribution in [0.3, 0.4) is 0 Å². The summed E-state index contributed by atoms with van der Waals surface area (Å²) in [7, 11) is -4.76. The Hall–Kier alpha value is -1.47. The first-order valence-corrected chi connectivity index (χ1v) is 26.2. The Morgan fingerprint density at radius 1 is 0.448 bits per heavy atom. The third-order valence-electron chi connectivity index (χ3n) is 11.0. The van der Waals surface area contributed by atoms with Crippen LogP contribution in [0.25, 0.3) is 0 Å². The zero-order valence-electron chi connectivity index (χ0n) is 38.0. The molecule has 9 heteroatoms. The molecule has 0 saturated carbocycles. The van der Waals surface area contributed by atoms with Gasteiger partial charge in [-0.1, -0.05) is 224 Å². The maximum Gasteiger partial charge on any atom is 0.469 e. The Balaban J connectivity index is 3.81. The Morgan fingerprint density at radius 3 is 1.14 bits per heavy atom. The summed E-state index contributed by atoms with van der Waals surface area (Å²) in [6, 6.07) is 0. The molecule has 0 aliphatic carbocycles. The van der Waals surface area contributed by atoms with Crippen LogP contribution in [-0.2, 0) is 28.2 Å². The summed E-state index contributed by atoms with van der Waals surface area (Å²) in [5.41, 5.74) is 0. The molecule has 0 radical (unpaired) electrons. The molecule has 0 rings (SSSR count). The van der Waals surface area contributed by atoms with Crippen molar-refractivity contribution in [1.29, 1.82) is 0 Å². The number of esters is 2. The fourth-order valence-corrected chi connectivity index (χ4v) is 7.65. The van der Waals surface area contributed by atoms with Crippen molar-refractivity contribution in [3.05, 3.63) is 24.3 Å². The SMILES string of the molecule is CCCCCCC/C=C\C/C=C\CCCCCCCCCCCCCC(=O)OC(COC(=O)CCCCCCCCCCCCCCCCCCC)COP(=O)(O)O. The third-order valence-corrected chi connectivity index (χ3v) is 11.5. The molecule has 0 fully saturated rings. The van der Waals surface area contributed by atoms with Crippen LogP contribution < -0.4 is 0 Å². The summed E-state index contributed by atoms with van der Waals surface area (Å²) in [6.07, 6.45) is 53.3. The topological polar surface area (TPSA) is 119 Å². The number of hydrogen-bond acceptors (Lipinski definition) is 6. The molecule has 58 heavy (non-hydrogen) atoms. The number of phosphoric acid groups is 1. The number of allylic oxidation sites excluding steroid dienone is 4. The number of hydrogen-bond donors (Lipinski definition) is 2. The minimum atomic E-state index is -4.76. The van der Waals surface area contributed by atoms with E-state index in [1.54, 1.807) is 0 Å². The molecule has 0 amide bonds. The van der Waals surface area contributed by atoms with E-state index in [0.717, 1.165) is 44.9 Å². The van der Waals surface area contributed by atoms with Crippen LogP contribution in [0.1, 0.15) is 258 Å². The fraction of sp³-hybridized carbons (Fsp3) is 0.878. The maximum absolute atomic E-state index is 12.5. The number of carbonyl (C=O) groups excluding carboxylic acids is 2. The quantitative estimate of drug-likeness (QED) is 0.0269. The second-order valence-electron chi connectivity index (χ2n) is 16.8. The maximum atomic E-state index is 12.5. The van der Waals surface area contributed by atoms with Crippen molar-refractivity contribution < 1.29 is 37.9 Å². The van der Waals surface area contributed by atoms with Crippen molar-refractivity contribution in [1.82, 2.24) is 0 Å². The van der Waals surface area contributed by atoms with Gasteiger partial charge in [0.15, 0.2) is 6.10 Å². The highest BCUT2D eigenvalue weighted by atomic mass is 31.2. The van der Waals surface area contributed by atoms with E-state index in [0.29, 0.717) is 6.42 Å². The van der Waals surface area contributed by atoms with Crippen LogP contribution in [0.2, 0.25) is 0 Å². The highest BCUT2D eigenvalue weighted by Gasteiger charge is 2.23. The van der Waals surface area contributed by atoms with E-state index in [-0.39, 0.29) is 19.4 Å². The van der Waals surface area contributed by atoms with Gasteiger partial charge < -0.3 is 19.3 Å². The molecule has 342 valence electrons. The second-order valence-corrected chi connectivity index (χ2v) is 18.0. The third kappa shape index (κ3) is 47.2. The van der Waals surface area contributed by atoms with Crippen molar-refractivity contribution in [2.24, 2.45) is 0 Å². The van der Waals surface area contributed by atoms with Crippen LogP contribution in [0, 0.1) is 0 Å². The minimum absolute atomic E-state index is 0.213. The van der Waals surface area contributed by atoms with Crippen LogP contribution in [-0.4, -0.2) is 41.0 Å². The van der Waals surface area contributed by atoms with E-state index in [2.05, 4.69) is 42.7 Å². The predicted molar refractivity (Wildman–Crippen MR) is 244 cm³/mol. The van der Waals surface area contributed by atoms with Gasteiger partial charge in [0.25, 0.3) is 0 Å². The predicted octanol–water partition coefficient (Wildman–Crippen LogP) is 15.5. The summed E-state index contributed by atoms with van der Waals surface area (Å²) in [5.74, 6) is -0.872. The van der Waals surface area contributed by atoms with Crippen LogP contribution in [0.4, 0.5) is 0 Å². The Bertz CT molecular complexity index is 993. The lowest BCUT2D eigenvalue weighted by molar-refractivity contribution is -0.161. The van der Waals surface area contributed by atoms with Crippen molar-refractivity contribution in [2.45, 2.75) is 264 Å². The van der Waals surface area contributed by atoms with Crippen molar-refractivity contribution in [3.8, 4) is 0 Å². The lowest BCUT2D eigenvalue weighted by Gasteiger charge is -2.18. The van der Waals surface area contributed by atoms with Crippen LogP contribution >= 0.6 is 7.82 Å². The molecule has 0 saturated heterocycles. The van der Waals surface area contributed by atoms with E-state index in [1.165, 1.54) is 180 Å². The van der Waals surface area contributed by atoms with Gasteiger partial charge in [-0.25, -0.2) is 4.57 Å². The van der Waals surface area contributed by atoms with Gasteiger partial charge in [-0.05, 0) is 44.9 Å². The average Bonchev–Trinajstić information content (AvgIpc) is 3.20. The molecule has 1 unspecified atom stereocenters. The average molecular weight is 841 g/mol. The Morgan fingerprint density at radius 2 is 0.776 bits per heavy atom. The molecule has 1 atom stereocenters. The van der Waals surface area contributed by atoms with Crippen LogP contribution in [0.15, 0.2) is 24.3 Å². The van der Waals surface area contributed by atoms with Gasteiger partial charge in [0.05, 0.1) is 6.61 Å². The van der Waals surface area contributed by atoms with Crippen LogP contribution in [0.5, 0.6) is 0 Å². The highest BCUT2D eigenvalue weighted by Crippen LogP contribution is 2.36. The number of ether oxygens (including phenoxy) is 2. The van der Waals surface area contributed by atoms with Gasteiger partial charge in [0, 0.05) is 12.8 Å². The molecule has 8 nitrogen and oxygen atoms in total. The normalized spacial score (nSPS) is 12.6. The molecule has 0 bridgehead atoms. The number of carbonyl (C=O) groups is 2. The molecular weight excluding hydrogens is 748 g/mol. The first-order valence-electron chi connectivity index (χ1n) is 24.6. The summed E-state index contributed by atoms with van der Waals surface area (Å²) < 4.78 is 26.5. The Labute approximate surface area is 358 Å². The van der Waals surface area contributed by atoms with Gasteiger partial charge in [-0.2, -0.15) is 0 Å². The molecule has 0 aromatic carbocycles. The van der Waals surface area contributed by atoms with Crippen molar-refractivity contribution in [3.63, 3.8) is 0 Å². The molecule has 0 aromatic rings. The van der Waals surface area contributed by atoms with Gasteiger partial charge >= 0.3 is 19.8 Å². The van der Waals surface area contributed by atoms with Gasteiger partial charge in [-0.3, -0.25) is 14.1 Å². The van der Waals surface area contributed by atoms with E-state index < -0.39 is 32.5 Å². The Kier molecular flexibility index (Phi) is 43.9. The van der Waals surface area contributed by atoms with E-state index in [4.69, 9.17) is 19.3 Å². The molecule has 0 heterocycles. The lowest BCUT2D eigenvalue weighted by Crippen LogP contribution is -2.29. The van der Waals surface area contributed by atoms with E-state index in [9.17, 15) is 14.2 Å². The first kappa shape index (κ1) is 56.5. The molecule has 2 N–H and O–H groups in total. The molecule has 0 aromatic heterocycles. The standard InChI is InChI=1S/C49H93O8P/c1-3-5-7-9-11-13-15-17-19-21-22-23-24-25-26-28-30-32-34-36-38-40-42-44-49(51)57-47(46-56-58(52,53)54)45-55-48(50)43-41-39-37-35-33-31-29-27-20-18-16-14-12-10-8-6-4-2/h15,17,21-22,47H,3-14,16,18-20,23-46H2,1-2H3,(H2,52,53,54)/b17-15-,22-21-. The number of rotatable bonds is 46. The van der Waals surface area contributed by atoms with E-state index >= 15 is 0 Å². The van der Waals surface area contributed by atoms with Gasteiger partial charge in [0.1, 0.15) is 6.61 Å². The zero-order chi connectivity index (χ0) is 42.5. The summed E-state index contributed by atoms with van der Waals surface area (Å²) in [5, 5.41) is 0. The summed E-state index contributed by atoms with van der Waals surface area (Å²) in [6.45, 7) is 3.72. The summed E-state index contributed by atoms with van der Waals surface area (Å²) >= 11 is 0. The lowest BCUT2D eigenvalue weighted by atomic mass is 10.0. The first-order chi connectivity index (χ1) is 28.3. The molecule has 0 aliphatic heterocycles. The van der Waals surface area contributed by atoms with Gasteiger partial charge in [0.2, 0.25) is 0 Å². The minimum Gasteiger partial charge on any atom is -0.462 e. The van der Waals surface area contributed by atoms with Crippen molar-refractivity contribution >= 4 is 19.8 Å². The highest BCUT2D eigenvalue weighted by molar-refractivity contribution is 7.46. The number of phosphoric ester groups is 1.